The highest BCUT2D eigenvalue weighted by molar-refractivity contribution is 6.37. The van der Waals surface area contributed by atoms with Crippen molar-refractivity contribution in [2.75, 3.05) is 0 Å². The summed E-state index contributed by atoms with van der Waals surface area (Å²) in [6.07, 6.45) is 1.26. The SMILES string of the molecule is NC(CC1=NC(=O)N=C1)C(=O)O. The van der Waals surface area contributed by atoms with Gasteiger partial charge in [-0.15, -0.1) is 0 Å². The number of rotatable bonds is 3. The molecule has 1 atom stereocenters. The summed E-state index contributed by atoms with van der Waals surface area (Å²) in [5.74, 6) is -1.12. The van der Waals surface area contributed by atoms with Gasteiger partial charge in [-0.25, -0.2) is 4.79 Å². The van der Waals surface area contributed by atoms with Gasteiger partial charge in [0.1, 0.15) is 6.04 Å². The largest absolute Gasteiger partial charge is 0.480 e. The maximum atomic E-state index is 10.4. The molecule has 0 fully saturated rings. The molecule has 0 aromatic heterocycles. The van der Waals surface area contributed by atoms with Gasteiger partial charge in [0.2, 0.25) is 0 Å². The molecule has 2 amide bonds. The molecule has 0 saturated carbocycles. The molecule has 0 radical (unpaired) electrons. The monoisotopic (exact) mass is 169 g/mol. The molecule has 1 aliphatic rings. The van der Waals surface area contributed by atoms with Crippen molar-refractivity contribution in [1.29, 1.82) is 0 Å². The number of hydrogen-bond acceptors (Lipinski definition) is 3. The molecule has 0 aliphatic carbocycles. The van der Waals surface area contributed by atoms with Gasteiger partial charge in [0.15, 0.2) is 0 Å². The Hall–Kier alpha value is -1.56. The molecule has 12 heavy (non-hydrogen) atoms. The molecule has 0 saturated heterocycles. The number of nitrogens with zero attached hydrogens (tertiary/aromatic N) is 2. The lowest BCUT2D eigenvalue weighted by Gasteiger charge is -2.02. The molecule has 1 heterocycles. The van der Waals surface area contributed by atoms with E-state index in [1.54, 1.807) is 0 Å². The van der Waals surface area contributed by atoms with E-state index in [1.807, 2.05) is 0 Å². The van der Waals surface area contributed by atoms with E-state index in [1.165, 1.54) is 6.21 Å². The standard InChI is InChI=1S/C6H7N3O3/c7-4(5(10)11)1-3-2-8-6(12)9-3/h2,4H,1,7H2,(H,10,11). The first-order chi connectivity index (χ1) is 5.59. The lowest BCUT2D eigenvalue weighted by atomic mass is 10.1. The van der Waals surface area contributed by atoms with Crippen LogP contribution < -0.4 is 5.73 Å². The first-order valence-electron chi connectivity index (χ1n) is 3.23. The summed E-state index contributed by atoms with van der Waals surface area (Å²) in [6.45, 7) is 0. The predicted molar refractivity (Wildman–Crippen MR) is 41.6 cm³/mol. The average molecular weight is 169 g/mol. The van der Waals surface area contributed by atoms with Crippen molar-refractivity contribution in [3.05, 3.63) is 0 Å². The Morgan fingerprint density at radius 3 is 2.83 bits per heavy atom. The van der Waals surface area contributed by atoms with Crippen molar-refractivity contribution in [2.24, 2.45) is 15.7 Å². The molecule has 1 rings (SSSR count). The first kappa shape index (κ1) is 8.54. The van der Waals surface area contributed by atoms with Gasteiger partial charge in [-0.1, -0.05) is 0 Å². The van der Waals surface area contributed by atoms with E-state index in [0.29, 0.717) is 5.71 Å². The van der Waals surface area contributed by atoms with Crippen molar-refractivity contribution in [3.8, 4) is 0 Å². The van der Waals surface area contributed by atoms with Crippen LogP contribution in [0.3, 0.4) is 0 Å². The van der Waals surface area contributed by atoms with Gasteiger partial charge in [-0.2, -0.15) is 9.98 Å². The minimum Gasteiger partial charge on any atom is -0.480 e. The summed E-state index contributed by atoms with van der Waals surface area (Å²) in [5.41, 5.74) is 5.50. The minimum absolute atomic E-state index is 0.0323. The maximum absolute atomic E-state index is 10.4. The first-order valence-corrected chi connectivity index (χ1v) is 3.23. The summed E-state index contributed by atoms with van der Waals surface area (Å²) >= 11 is 0. The molecule has 0 aromatic rings. The molecule has 3 N–H and O–H groups in total. The van der Waals surface area contributed by atoms with Gasteiger partial charge >= 0.3 is 12.0 Å². The fraction of sp³-hybridized carbons (Fsp3) is 0.333. The van der Waals surface area contributed by atoms with Gasteiger partial charge < -0.3 is 10.8 Å². The van der Waals surface area contributed by atoms with E-state index in [0.717, 1.165) is 0 Å². The molecule has 64 valence electrons. The molecular weight excluding hydrogens is 162 g/mol. The number of hydrogen-bond donors (Lipinski definition) is 2. The van der Waals surface area contributed by atoms with Crippen molar-refractivity contribution in [1.82, 2.24) is 0 Å². The lowest BCUT2D eigenvalue weighted by molar-refractivity contribution is -0.138. The maximum Gasteiger partial charge on any atom is 0.367 e. The second kappa shape index (κ2) is 3.22. The quantitative estimate of drug-likeness (QED) is 0.590. The molecule has 6 heteroatoms. The molecule has 0 aromatic carbocycles. The fourth-order valence-electron chi connectivity index (χ4n) is 0.721. The van der Waals surface area contributed by atoms with Crippen LogP contribution in [-0.2, 0) is 4.79 Å². The number of amides is 2. The van der Waals surface area contributed by atoms with Crippen LogP contribution in [0.15, 0.2) is 9.98 Å². The van der Waals surface area contributed by atoms with Crippen molar-refractivity contribution >= 4 is 23.9 Å². The molecule has 0 bridgehead atoms. The summed E-state index contributed by atoms with van der Waals surface area (Å²) in [5, 5.41) is 8.40. The normalized spacial score (nSPS) is 17.8. The van der Waals surface area contributed by atoms with Crippen LogP contribution in [0, 0.1) is 0 Å². The van der Waals surface area contributed by atoms with Crippen molar-refractivity contribution < 1.29 is 14.7 Å². The van der Waals surface area contributed by atoms with E-state index in [-0.39, 0.29) is 6.42 Å². The Labute approximate surface area is 67.8 Å². The Morgan fingerprint density at radius 2 is 2.42 bits per heavy atom. The van der Waals surface area contributed by atoms with E-state index in [4.69, 9.17) is 10.8 Å². The van der Waals surface area contributed by atoms with E-state index in [2.05, 4.69) is 9.98 Å². The third kappa shape index (κ3) is 1.96. The molecule has 0 spiro atoms. The van der Waals surface area contributed by atoms with Gasteiger partial charge in [-0.05, 0) is 0 Å². The highest BCUT2D eigenvalue weighted by atomic mass is 16.4. The lowest BCUT2D eigenvalue weighted by Crippen LogP contribution is -2.32. The number of aliphatic imine (C=N–C) groups is 2. The number of nitrogens with two attached hydrogens (primary N) is 1. The van der Waals surface area contributed by atoms with Crippen LogP contribution in [0.5, 0.6) is 0 Å². The molecule has 1 aliphatic heterocycles. The van der Waals surface area contributed by atoms with Crippen LogP contribution in [0.4, 0.5) is 4.79 Å². The Kier molecular flexibility index (Phi) is 2.29. The van der Waals surface area contributed by atoms with E-state index in [9.17, 15) is 9.59 Å². The second-order valence-corrected chi connectivity index (χ2v) is 2.29. The van der Waals surface area contributed by atoms with Gasteiger partial charge in [0, 0.05) is 6.42 Å². The van der Waals surface area contributed by atoms with Crippen molar-refractivity contribution in [3.63, 3.8) is 0 Å². The number of aliphatic carboxylic acids is 1. The Bertz CT molecular complexity index is 282. The number of carbonyl (C=O) groups is 2. The number of carboxylic acid groups (broad SMARTS) is 1. The molecule has 6 nitrogen and oxygen atoms in total. The highest BCUT2D eigenvalue weighted by Gasteiger charge is 2.16. The van der Waals surface area contributed by atoms with Crippen molar-refractivity contribution in [2.45, 2.75) is 12.5 Å². The van der Waals surface area contributed by atoms with Crippen LogP contribution in [0.2, 0.25) is 0 Å². The predicted octanol–water partition coefficient (Wildman–Crippen LogP) is -0.566. The molecular formula is C6H7N3O3. The minimum atomic E-state index is -1.12. The topological polar surface area (TPSA) is 105 Å². The molecule has 1 unspecified atom stereocenters. The highest BCUT2D eigenvalue weighted by Crippen LogP contribution is 1.98. The van der Waals surface area contributed by atoms with Gasteiger partial charge in [0.25, 0.3) is 0 Å². The van der Waals surface area contributed by atoms with Crippen LogP contribution >= 0.6 is 0 Å². The summed E-state index contributed by atoms with van der Waals surface area (Å²) in [7, 11) is 0. The van der Waals surface area contributed by atoms with Crippen LogP contribution in [-0.4, -0.2) is 35.1 Å². The third-order valence-electron chi connectivity index (χ3n) is 1.31. The van der Waals surface area contributed by atoms with Gasteiger partial charge in [-0.3, -0.25) is 4.79 Å². The Balaban J connectivity index is 2.53. The zero-order chi connectivity index (χ0) is 9.14. The van der Waals surface area contributed by atoms with E-state index >= 15 is 0 Å². The van der Waals surface area contributed by atoms with Crippen LogP contribution in [0.25, 0.3) is 0 Å². The van der Waals surface area contributed by atoms with E-state index < -0.39 is 18.0 Å². The number of urea groups is 1. The Morgan fingerprint density at radius 1 is 1.75 bits per heavy atom. The second-order valence-electron chi connectivity index (χ2n) is 2.29. The number of carboxylic acids is 1. The summed E-state index contributed by atoms with van der Waals surface area (Å²) in [6, 6.07) is -1.64. The zero-order valence-electron chi connectivity index (χ0n) is 6.10. The summed E-state index contributed by atoms with van der Waals surface area (Å²) < 4.78 is 0. The zero-order valence-corrected chi connectivity index (χ0v) is 6.10. The van der Waals surface area contributed by atoms with Crippen LogP contribution in [0.1, 0.15) is 6.42 Å². The number of carbonyl (C=O) groups excluding carboxylic acids is 1. The smallest absolute Gasteiger partial charge is 0.367 e. The fourth-order valence-corrected chi connectivity index (χ4v) is 0.721. The van der Waals surface area contributed by atoms with Gasteiger partial charge in [0.05, 0.1) is 11.9 Å². The average Bonchev–Trinajstić information content (AvgIpc) is 2.35. The summed E-state index contributed by atoms with van der Waals surface area (Å²) in [4.78, 5) is 27.4. The third-order valence-corrected chi connectivity index (χ3v) is 1.31.